The number of hydroxylamine groups is 1. The zero-order valence-corrected chi connectivity index (χ0v) is 10.4. The average molecular weight is 246 g/mol. The smallest absolute Gasteiger partial charge is 0.183 e. The second-order valence-corrected chi connectivity index (χ2v) is 5.14. The molecule has 1 rings (SSSR count). The normalized spacial score (nSPS) is 13.0. The summed E-state index contributed by atoms with van der Waals surface area (Å²) in [5, 5.41) is 12.7. The molecule has 0 fully saturated rings. The van der Waals surface area contributed by atoms with Gasteiger partial charge in [-0.05, 0) is 18.2 Å². The van der Waals surface area contributed by atoms with Crippen LogP contribution in [-0.4, -0.2) is 16.5 Å². The molecular weight excluding hydrogens is 233 g/mol. The minimum atomic E-state index is -0.469. The number of hydrogen-bond donors (Lipinski definition) is 0. The van der Waals surface area contributed by atoms with Crippen LogP contribution in [-0.2, 0) is 0 Å². The van der Waals surface area contributed by atoms with Crippen LogP contribution in [0.4, 0.5) is 0 Å². The minimum absolute atomic E-state index is 0.469. The maximum Gasteiger partial charge on any atom is 0.183 e. The van der Waals surface area contributed by atoms with Crippen LogP contribution in [0, 0.1) is 5.21 Å². The van der Waals surface area contributed by atoms with Gasteiger partial charge >= 0.3 is 0 Å². The van der Waals surface area contributed by atoms with Gasteiger partial charge in [-0.1, -0.05) is 23.2 Å². The molecular formula is C11H13Cl2NO. The van der Waals surface area contributed by atoms with Crippen molar-refractivity contribution < 1.29 is 4.74 Å². The summed E-state index contributed by atoms with van der Waals surface area (Å²) >= 11 is 11.7. The lowest BCUT2D eigenvalue weighted by atomic mass is 10.1. The van der Waals surface area contributed by atoms with Gasteiger partial charge in [0.05, 0.1) is 10.6 Å². The van der Waals surface area contributed by atoms with Crippen molar-refractivity contribution in [3.63, 3.8) is 0 Å². The summed E-state index contributed by atoms with van der Waals surface area (Å²) in [4.78, 5) is 0. The van der Waals surface area contributed by atoms with E-state index in [9.17, 15) is 5.21 Å². The first-order valence-corrected chi connectivity index (χ1v) is 5.32. The van der Waals surface area contributed by atoms with Crippen LogP contribution in [0.25, 0.3) is 0 Å². The Morgan fingerprint density at radius 1 is 1.27 bits per heavy atom. The molecule has 1 aromatic rings. The van der Waals surface area contributed by atoms with Crippen molar-refractivity contribution in [1.29, 1.82) is 0 Å². The van der Waals surface area contributed by atoms with E-state index in [2.05, 4.69) is 0 Å². The molecule has 0 saturated carbocycles. The molecule has 0 heterocycles. The van der Waals surface area contributed by atoms with Crippen molar-refractivity contribution in [2.75, 3.05) is 0 Å². The highest BCUT2D eigenvalue weighted by atomic mass is 35.5. The summed E-state index contributed by atoms with van der Waals surface area (Å²) in [5.74, 6) is 0. The third kappa shape index (κ3) is 3.40. The molecule has 0 atom stereocenters. The van der Waals surface area contributed by atoms with Gasteiger partial charge in [-0.2, -0.15) is 0 Å². The Morgan fingerprint density at radius 3 is 2.33 bits per heavy atom. The Kier molecular flexibility index (Phi) is 3.63. The van der Waals surface area contributed by atoms with E-state index in [1.54, 1.807) is 18.2 Å². The summed E-state index contributed by atoms with van der Waals surface area (Å²) in [5.41, 5.74) is 0.203. The topological polar surface area (TPSA) is 26.1 Å². The standard InChI is InChI=1S/C11H13Cl2NO/c1-11(2,3)14(15)7-8-4-5-9(12)6-10(8)13/h4-7H,1-3H3. The first-order valence-electron chi connectivity index (χ1n) is 4.57. The predicted octanol–water partition coefficient (Wildman–Crippen LogP) is 3.72. The van der Waals surface area contributed by atoms with E-state index in [1.165, 1.54) is 6.21 Å². The number of nitrogens with zero attached hydrogens (tertiary/aromatic N) is 1. The maximum atomic E-state index is 11.6. The summed E-state index contributed by atoms with van der Waals surface area (Å²) in [6, 6.07) is 5.04. The van der Waals surface area contributed by atoms with Gasteiger partial charge in [0.2, 0.25) is 0 Å². The lowest BCUT2D eigenvalue weighted by Crippen LogP contribution is -2.29. The van der Waals surface area contributed by atoms with Crippen molar-refractivity contribution in [2.45, 2.75) is 26.3 Å². The van der Waals surface area contributed by atoms with Crippen LogP contribution < -0.4 is 0 Å². The summed E-state index contributed by atoms with van der Waals surface area (Å²) in [7, 11) is 0. The fourth-order valence-corrected chi connectivity index (χ4v) is 1.38. The number of rotatable bonds is 1. The van der Waals surface area contributed by atoms with E-state index in [-0.39, 0.29) is 0 Å². The van der Waals surface area contributed by atoms with Gasteiger partial charge in [0.15, 0.2) is 11.8 Å². The maximum absolute atomic E-state index is 11.6. The average Bonchev–Trinajstić information content (AvgIpc) is 2.08. The van der Waals surface area contributed by atoms with Crippen molar-refractivity contribution >= 4 is 29.4 Å². The van der Waals surface area contributed by atoms with Gasteiger partial charge in [0.25, 0.3) is 0 Å². The van der Waals surface area contributed by atoms with Crippen LogP contribution in [0.15, 0.2) is 18.2 Å². The van der Waals surface area contributed by atoms with Crippen molar-refractivity contribution in [3.8, 4) is 0 Å². The Labute approximate surface area is 99.7 Å². The molecule has 0 amide bonds. The third-order valence-electron chi connectivity index (χ3n) is 1.88. The molecule has 0 aliphatic carbocycles. The molecule has 2 nitrogen and oxygen atoms in total. The van der Waals surface area contributed by atoms with Gasteiger partial charge < -0.3 is 5.21 Å². The predicted molar refractivity (Wildman–Crippen MR) is 65.0 cm³/mol. The zero-order chi connectivity index (χ0) is 11.6. The van der Waals surface area contributed by atoms with E-state index in [0.717, 1.165) is 4.74 Å². The molecule has 4 heteroatoms. The van der Waals surface area contributed by atoms with Crippen molar-refractivity contribution in [3.05, 3.63) is 39.0 Å². The van der Waals surface area contributed by atoms with Crippen LogP contribution in [0.3, 0.4) is 0 Å². The van der Waals surface area contributed by atoms with E-state index in [1.807, 2.05) is 20.8 Å². The number of benzene rings is 1. The monoisotopic (exact) mass is 245 g/mol. The van der Waals surface area contributed by atoms with E-state index >= 15 is 0 Å². The highest BCUT2D eigenvalue weighted by Gasteiger charge is 2.18. The van der Waals surface area contributed by atoms with Crippen LogP contribution >= 0.6 is 23.2 Å². The van der Waals surface area contributed by atoms with Gasteiger partial charge in [-0.25, -0.2) is 4.74 Å². The highest BCUT2D eigenvalue weighted by Crippen LogP contribution is 2.20. The third-order valence-corrected chi connectivity index (χ3v) is 2.44. The molecule has 1 aromatic carbocycles. The lowest BCUT2D eigenvalue weighted by Gasteiger charge is -2.18. The molecule has 0 aliphatic rings. The lowest BCUT2D eigenvalue weighted by molar-refractivity contribution is -0.530. The van der Waals surface area contributed by atoms with E-state index < -0.39 is 5.54 Å². The van der Waals surface area contributed by atoms with E-state index in [0.29, 0.717) is 15.6 Å². The molecule has 0 aromatic heterocycles. The second kappa shape index (κ2) is 4.42. The second-order valence-electron chi connectivity index (χ2n) is 4.29. The number of halogens is 2. The van der Waals surface area contributed by atoms with Crippen LogP contribution in [0.1, 0.15) is 26.3 Å². The van der Waals surface area contributed by atoms with Crippen molar-refractivity contribution in [1.82, 2.24) is 0 Å². The quantitative estimate of drug-likeness (QED) is 0.321. The summed E-state index contributed by atoms with van der Waals surface area (Å²) in [6.45, 7) is 5.50. The first-order chi connectivity index (χ1) is 6.80. The Balaban J connectivity index is 3.09. The largest absolute Gasteiger partial charge is 0.623 e. The zero-order valence-electron chi connectivity index (χ0n) is 8.92. The molecule has 0 bridgehead atoms. The molecule has 15 heavy (non-hydrogen) atoms. The molecule has 0 N–H and O–H groups in total. The van der Waals surface area contributed by atoms with Crippen LogP contribution in [0.2, 0.25) is 10.0 Å². The van der Waals surface area contributed by atoms with Crippen LogP contribution in [0.5, 0.6) is 0 Å². The molecule has 0 radical (unpaired) electrons. The molecule has 0 saturated heterocycles. The summed E-state index contributed by atoms with van der Waals surface area (Å²) in [6.07, 6.45) is 1.47. The first kappa shape index (κ1) is 12.3. The molecule has 82 valence electrons. The highest BCUT2D eigenvalue weighted by molar-refractivity contribution is 6.36. The van der Waals surface area contributed by atoms with Gasteiger partial charge in [-0.3, -0.25) is 0 Å². The Morgan fingerprint density at radius 2 is 1.87 bits per heavy atom. The Bertz CT molecular complexity index is 394. The SMILES string of the molecule is CC(C)(C)[N+]([O-])=Cc1ccc(Cl)cc1Cl. The van der Waals surface area contributed by atoms with E-state index in [4.69, 9.17) is 23.2 Å². The van der Waals surface area contributed by atoms with Gasteiger partial charge in [0, 0.05) is 25.8 Å². The molecule has 0 aliphatic heterocycles. The van der Waals surface area contributed by atoms with Gasteiger partial charge in [-0.15, -0.1) is 0 Å². The summed E-state index contributed by atoms with van der Waals surface area (Å²) < 4.78 is 0.877. The molecule has 0 spiro atoms. The van der Waals surface area contributed by atoms with Gasteiger partial charge in [0.1, 0.15) is 0 Å². The fraction of sp³-hybridized carbons (Fsp3) is 0.364. The number of hydrogen-bond acceptors (Lipinski definition) is 1. The van der Waals surface area contributed by atoms with Crippen molar-refractivity contribution in [2.24, 2.45) is 0 Å². The molecule has 0 unspecified atom stereocenters. The minimum Gasteiger partial charge on any atom is -0.623 e. The Hall–Kier alpha value is -0.730. The fourth-order valence-electron chi connectivity index (χ4n) is 0.926.